The van der Waals surface area contributed by atoms with Crippen molar-refractivity contribution in [3.63, 3.8) is 0 Å². The third-order valence-corrected chi connectivity index (χ3v) is 3.60. The van der Waals surface area contributed by atoms with Crippen LogP contribution in [-0.2, 0) is 0 Å². The Morgan fingerprint density at radius 2 is 2.30 bits per heavy atom. The van der Waals surface area contributed by atoms with E-state index in [4.69, 9.17) is 5.84 Å². The van der Waals surface area contributed by atoms with Gasteiger partial charge in [0.15, 0.2) is 5.65 Å². The van der Waals surface area contributed by atoms with Gasteiger partial charge in [0.1, 0.15) is 5.82 Å². The van der Waals surface area contributed by atoms with E-state index in [1.54, 1.807) is 6.20 Å². The Bertz CT molecular complexity index is 576. The summed E-state index contributed by atoms with van der Waals surface area (Å²) < 4.78 is 0. The standard InChI is InChI=1S/C12H20N8/c1-2-20(8-3-4-8)6-5-14-10-9-7-15-19-11(9)17-12(16-10)18-13/h7-8H,2-6,13H2,1H3,(H3,14,15,16,17,18,19). The van der Waals surface area contributed by atoms with E-state index in [9.17, 15) is 0 Å². The Labute approximate surface area is 117 Å². The highest BCUT2D eigenvalue weighted by Gasteiger charge is 2.27. The van der Waals surface area contributed by atoms with Crippen LogP contribution >= 0.6 is 0 Å². The van der Waals surface area contributed by atoms with Crippen molar-refractivity contribution in [2.75, 3.05) is 30.4 Å². The van der Waals surface area contributed by atoms with Crippen molar-refractivity contribution in [2.24, 2.45) is 5.84 Å². The zero-order chi connectivity index (χ0) is 13.9. The molecule has 2 aromatic rings. The number of fused-ring (bicyclic) bond motifs is 1. The maximum absolute atomic E-state index is 5.38. The second-order valence-corrected chi connectivity index (χ2v) is 4.96. The largest absolute Gasteiger partial charge is 0.368 e. The fourth-order valence-corrected chi connectivity index (χ4v) is 2.39. The maximum Gasteiger partial charge on any atom is 0.241 e. The lowest BCUT2D eigenvalue weighted by molar-refractivity contribution is 0.289. The molecular weight excluding hydrogens is 256 g/mol. The Kier molecular flexibility index (Phi) is 3.66. The van der Waals surface area contributed by atoms with Gasteiger partial charge in [-0.15, -0.1) is 0 Å². The zero-order valence-electron chi connectivity index (χ0n) is 11.6. The van der Waals surface area contributed by atoms with Crippen molar-refractivity contribution in [3.8, 4) is 0 Å². The molecule has 20 heavy (non-hydrogen) atoms. The minimum Gasteiger partial charge on any atom is -0.368 e. The van der Waals surface area contributed by atoms with E-state index < -0.39 is 0 Å². The molecule has 0 bridgehead atoms. The summed E-state index contributed by atoms with van der Waals surface area (Å²) in [6, 6.07) is 0.780. The third-order valence-electron chi connectivity index (χ3n) is 3.60. The highest BCUT2D eigenvalue weighted by atomic mass is 15.3. The molecule has 2 aromatic heterocycles. The number of nitrogen functional groups attached to an aromatic ring is 1. The first-order valence-electron chi connectivity index (χ1n) is 6.97. The lowest BCUT2D eigenvalue weighted by Crippen LogP contribution is -2.31. The van der Waals surface area contributed by atoms with E-state index in [0.29, 0.717) is 11.6 Å². The quantitative estimate of drug-likeness (QED) is 0.431. The number of nitrogens with one attached hydrogen (secondary N) is 3. The van der Waals surface area contributed by atoms with Crippen molar-refractivity contribution >= 4 is 22.8 Å². The molecule has 0 spiro atoms. The number of likely N-dealkylation sites (N-methyl/N-ethyl adjacent to an activating group) is 1. The van der Waals surface area contributed by atoms with E-state index in [-0.39, 0.29) is 0 Å². The number of aromatic nitrogens is 4. The van der Waals surface area contributed by atoms with Crippen molar-refractivity contribution in [3.05, 3.63) is 6.20 Å². The molecular formula is C12H20N8. The second kappa shape index (κ2) is 5.59. The number of nitrogens with zero attached hydrogens (tertiary/aromatic N) is 4. The van der Waals surface area contributed by atoms with Gasteiger partial charge in [0.05, 0.1) is 11.6 Å². The topological polar surface area (TPSA) is 108 Å². The molecule has 0 unspecified atom stereocenters. The highest BCUT2D eigenvalue weighted by Crippen LogP contribution is 2.26. The monoisotopic (exact) mass is 276 g/mol. The summed E-state index contributed by atoms with van der Waals surface area (Å²) >= 11 is 0. The van der Waals surface area contributed by atoms with Crippen LogP contribution < -0.4 is 16.6 Å². The van der Waals surface area contributed by atoms with E-state index in [2.05, 4.69) is 42.7 Å². The molecule has 0 radical (unpaired) electrons. The van der Waals surface area contributed by atoms with Gasteiger partial charge in [-0.1, -0.05) is 6.92 Å². The SMILES string of the molecule is CCN(CCNc1nc(NN)nc2[nH]ncc12)C1CC1. The smallest absolute Gasteiger partial charge is 0.241 e. The van der Waals surface area contributed by atoms with E-state index >= 15 is 0 Å². The van der Waals surface area contributed by atoms with Crippen LogP contribution in [0.4, 0.5) is 11.8 Å². The molecule has 0 aromatic carbocycles. The van der Waals surface area contributed by atoms with Gasteiger partial charge >= 0.3 is 0 Å². The first kappa shape index (κ1) is 13.1. The van der Waals surface area contributed by atoms with Crippen molar-refractivity contribution < 1.29 is 0 Å². The molecule has 0 amide bonds. The summed E-state index contributed by atoms with van der Waals surface area (Å²) in [4.78, 5) is 11.0. The van der Waals surface area contributed by atoms with Gasteiger partial charge in [-0.3, -0.25) is 15.4 Å². The summed E-state index contributed by atoms with van der Waals surface area (Å²) in [5.41, 5.74) is 3.14. The van der Waals surface area contributed by atoms with Crippen LogP contribution in [0.15, 0.2) is 6.20 Å². The van der Waals surface area contributed by atoms with Crippen LogP contribution in [-0.4, -0.2) is 50.7 Å². The summed E-state index contributed by atoms with van der Waals surface area (Å²) in [6.45, 7) is 5.14. The fraction of sp³-hybridized carbons (Fsp3) is 0.583. The number of nitrogens with two attached hydrogens (primary N) is 1. The van der Waals surface area contributed by atoms with E-state index in [1.807, 2.05) is 0 Å². The van der Waals surface area contributed by atoms with Crippen LogP contribution in [0.5, 0.6) is 0 Å². The summed E-state index contributed by atoms with van der Waals surface area (Å²) in [5, 5.41) is 11.0. The molecule has 1 aliphatic rings. The third kappa shape index (κ3) is 2.66. The summed E-state index contributed by atoms with van der Waals surface area (Å²) in [7, 11) is 0. The number of hydrogen-bond donors (Lipinski definition) is 4. The highest BCUT2D eigenvalue weighted by molar-refractivity contribution is 5.86. The molecule has 5 N–H and O–H groups in total. The average molecular weight is 276 g/mol. The Morgan fingerprint density at radius 1 is 1.45 bits per heavy atom. The molecule has 0 saturated heterocycles. The fourth-order valence-electron chi connectivity index (χ4n) is 2.39. The van der Waals surface area contributed by atoms with Crippen LogP contribution in [0.3, 0.4) is 0 Å². The number of rotatable bonds is 7. The minimum absolute atomic E-state index is 0.374. The molecule has 1 saturated carbocycles. The summed E-state index contributed by atoms with van der Waals surface area (Å²) in [6.07, 6.45) is 4.37. The first-order chi connectivity index (χ1) is 9.81. The average Bonchev–Trinajstić information content (AvgIpc) is 3.20. The first-order valence-corrected chi connectivity index (χ1v) is 6.97. The second-order valence-electron chi connectivity index (χ2n) is 4.96. The molecule has 8 heteroatoms. The van der Waals surface area contributed by atoms with Crippen LogP contribution in [0.2, 0.25) is 0 Å². The molecule has 1 fully saturated rings. The van der Waals surface area contributed by atoms with Gasteiger partial charge in [-0.05, 0) is 19.4 Å². The molecule has 108 valence electrons. The Hall–Kier alpha value is -1.93. The minimum atomic E-state index is 0.374. The maximum atomic E-state index is 5.38. The molecule has 0 atom stereocenters. The Morgan fingerprint density at radius 3 is 3.00 bits per heavy atom. The normalized spacial score (nSPS) is 14.9. The van der Waals surface area contributed by atoms with Crippen LogP contribution in [0, 0.1) is 0 Å². The predicted molar refractivity (Wildman–Crippen MR) is 78.3 cm³/mol. The van der Waals surface area contributed by atoms with Gasteiger partial charge < -0.3 is 5.32 Å². The number of H-pyrrole nitrogens is 1. The van der Waals surface area contributed by atoms with Gasteiger partial charge in [0.25, 0.3) is 0 Å². The Balaban J connectivity index is 1.68. The summed E-state index contributed by atoms with van der Waals surface area (Å²) in [5.74, 6) is 6.51. The predicted octanol–water partition coefficient (Wildman–Crippen LogP) is 0.535. The number of anilines is 2. The van der Waals surface area contributed by atoms with Crippen molar-refractivity contribution in [2.45, 2.75) is 25.8 Å². The van der Waals surface area contributed by atoms with Gasteiger partial charge in [0, 0.05) is 19.1 Å². The van der Waals surface area contributed by atoms with Gasteiger partial charge in [0.2, 0.25) is 5.95 Å². The molecule has 3 rings (SSSR count). The molecule has 1 aliphatic carbocycles. The number of hydrazine groups is 1. The van der Waals surface area contributed by atoms with Gasteiger partial charge in [-0.25, -0.2) is 5.84 Å². The van der Waals surface area contributed by atoms with E-state index in [0.717, 1.165) is 36.9 Å². The zero-order valence-corrected chi connectivity index (χ0v) is 11.6. The number of aromatic amines is 1. The number of hydrogen-bond acceptors (Lipinski definition) is 7. The molecule has 2 heterocycles. The van der Waals surface area contributed by atoms with Crippen LogP contribution in [0.1, 0.15) is 19.8 Å². The van der Waals surface area contributed by atoms with Crippen molar-refractivity contribution in [1.82, 2.24) is 25.1 Å². The lowest BCUT2D eigenvalue weighted by atomic mass is 10.4. The molecule has 8 nitrogen and oxygen atoms in total. The van der Waals surface area contributed by atoms with Crippen molar-refractivity contribution in [1.29, 1.82) is 0 Å². The van der Waals surface area contributed by atoms with Gasteiger partial charge in [-0.2, -0.15) is 15.1 Å². The van der Waals surface area contributed by atoms with Crippen LogP contribution in [0.25, 0.3) is 11.0 Å². The molecule has 0 aliphatic heterocycles. The van der Waals surface area contributed by atoms with E-state index in [1.165, 1.54) is 12.8 Å². The lowest BCUT2D eigenvalue weighted by Gasteiger charge is -2.20.